The van der Waals surface area contributed by atoms with Crippen LogP contribution in [0.25, 0.3) is 0 Å². The van der Waals surface area contributed by atoms with Crippen molar-refractivity contribution in [1.29, 1.82) is 5.26 Å². The average Bonchev–Trinajstić information content (AvgIpc) is 1.80. The Balaban J connectivity index is 3.78. The van der Waals surface area contributed by atoms with Gasteiger partial charge >= 0.3 is 0 Å². The SMILES string of the molecule is CC(Cl)(Cl)C(=O)NCC#N. The van der Waals surface area contributed by atoms with Crippen molar-refractivity contribution in [2.75, 3.05) is 6.54 Å². The number of carbonyl (C=O) groups excluding carboxylic acids is 1. The Bertz CT molecular complexity index is 167. The first kappa shape index (κ1) is 9.54. The lowest BCUT2D eigenvalue weighted by atomic mass is 10.4. The first-order valence-corrected chi connectivity index (χ1v) is 3.27. The molecule has 0 heterocycles. The van der Waals surface area contributed by atoms with E-state index in [1.165, 1.54) is 6.92 Å². The van der Waals surface area contributed by atoms with Crippen LogP contribution in [-0.4, -0.2) is 16.8 Å². The zero-order valence-corrected chi connectivity index (χ0v) is 6.83. The van der Waals surface area contributed by atoms with Gasteiger partial charge in [0.05, 0.1) is 6.07 Å². The molecule has 56 valence electrons. The third kappa shape index (κ3) is 3.54. The van der Waals surface area contributed by atoms with Crippen molar-refractivity contribution < 1.29 is 4.79 Å². The van der Waals surface area contributed by atoms with E-state index in [4.69, 9.17) is 28.5 Å². The smallest absolute Gasteiger partial charge is 0.256 e. The molecular weight excluding hydrogens is 175 g/mol. The third-order valence-corrected chi connectivity index (χ3v) is 1.07. The Morgan fingerprint density at radius 2 is 2.30 bits per heavy atom. The summed E-state index contributed by atoms with van der Waals surface area (Å²) in [6, 6.07) is 1.72. The van der Waals surface area contributed by atoms with Crippen LogP contribution >= 0.6 is 23.2 Å². The van der Waals surface area contributed by atoms with Gasteiger partial charge in [-0.15, -0.1) is 0 Å². The van der Waals surface area contributed by atoms with Gasteiger partial charge in [0.1, 0.15) is 6.54 Å². The van der Waals surface area contributed by atoms with E-state index in [-0.39, 0.29) is 6.54 Å². The van der Waals surface area contributed by atoms with Crippen LogP contribution in [0.5, 0.6) is 0 Å². The molecule has 0 aromatic heterocycles. The molecule has 3 nitrogen and oxygen atoms in total. The number of amides is 1. The van der Waals surface area contributed by atoms with Gasteiger partial charge in [-0.2, -0.15) is 5.26 Å². The van der Waals surface area contributed by atoms with Crippen LogP contribution in [-0.2, 0) is 4.79 Å². The molecule has 0 aliphatic heterocycles. The number of alkyl halides is 2. The molecule has 0 aliphatic rings. The van der Waals surface area contributed by atoms with Crippen LogP contribution in [0.15, 0.2) is 0 Å². The maximum atomic E-state index is 10.7. The quantitative estimate of drug-likeness (QED) is 0.506. The second-order valence-electron chi connectivity index (χ2n) is 1.73. The van der Waals surface area contributed by atoms with Crippen molar-refractivity contribution in [1.82, 2.24) is 5.32 Å². The zero-order chi connectivity index (χ0) is 8.20. The van der Waals surface area contributed by atoms with Gasteiger partial charge < -0.3 is 5.32 Å². The molecule has 0 aliphatic carbocycles. The molecule has 0 fully saturated rings. The Labute approximate surface area is 68.9 Å². The second kappa shape index (κ2) is 3.65. The van der Waals surface area contributed by atoms with Crippen molar-refractivity contribution in [3.05, 3.63) is 0 Å². The summed E-state index contributed by atoms with van der Waals surface area (Å²) < 4.78 is -1.45. The minimum atomic E-state index is -1.45. The zero-order valence-electron chi connectivity index (χ0n) is 5.32. The standard InChI is InChI=1S/C5H6Cl2N2O/c1-5(6,7)4(10)9-3-2-8/h3H2,1H3,(H,9,10). The Morgan fingerprint density at radius 1 is 1.80 bits per heavy atom. The van der Waals surface area contributed by atoms with E-state index in [0.29, 0.717) is 0 Å². The van der Waals surface area contributed by atoms with Crippen molar-refractivity contribution >= 4 is 29.1 Å². The minimum absolute atomic E-state index is 0.0755. The molecule has 0 saturated carbocycles. The van der Waals surface area contributed by atoms with Crippen molar-refractivity contribution in [2.45, 2.75) is 11.3 Å². The highest BCUT2D eigenvalue weighted by Crippen LogP contribution is 2.18. The van der Waals surface area contributed by atoms with E-state index in [9.17, 15) is 4.79 Å². The molecule has 0 aromatic carbocycles. The van der Waals surface area contributed by atoms with Gasteiger partial charge in [-0.05, 0) is 6.92 Å². The number of hydrogen-bond donors (Lipinski definition) is 1. The van der Waals surface area contributed by atoms with Gasteiger partial charge in [0.25, 0.3) is 5.91 Å². The Morgan fingerprint density at radius 3 is 2.60 bits per heavy atom. The van der Waals surface area contributed by atoms with Gasteiger partial charge in [-0.25, -0.2) is 0 Å². The van der Waals surface area contributed by atoms with Crippen molar-refractivity contribution in [3.63, 3.8) is 0 Å². The first-order valence-electron chi connectivity index (χ1n) is 2.51. The number of nitriles is 1. The lowest BCUT2D eigenvalue weighted by Crippen LogP contribution is -2.36. The predicted molar refractivity (Wildman–Crippen MR) is 38.7 cm³/mol. The molecule has 0 rings (SSSR count). The highest BCUT2D eigenvalue weighted by molar-refractivity contribution is 6.57. The topological polar surface area (TPSA) is 52.9 Å². The van der Waals surface area contributed by atoms with Crippen molar-refractivity contribution in [3.8, 4) is 6.07 Å². The highest BCUT2D eigenvalue weighted by atomic mass is 35.5. The average molecular weight is 181 g/mol. The summed E-state index contributed by atoms with van der Waals surface area (Å²) in [4.78, 5) is 10.7. The van der Waals surface area contributed by atoms with E-state index in [2.05, 4.69) is 5.32 Å². The van der Waals surface area contributed by atoms with Crippen molar-refractivity contribution in [2.24, 2.45) is 0 Å². The maximum Gasteiger partial charge on any atom is 0.256 e. The fourth-order valence-electron chi connectivity index (χ4n) is 0.275. The molecule has 10 heavy (non-hydrogen) atoms. The van der Waals surface area contributed by atoms with Gasteiger partial charge in [0.15, 0.2) is 4.33 Å². The Kier molecular flexibility index (Phi) is 3.48. The lowest BCUT2D eigenvalue weighted by Gasteiger charge is -2.10. The van der Waals surface area contributed by atoms with E-state index >= 15 is 0 Å². The van der Waals surface area contributed by atoms with Crippen LogP contribution in [0, 0.1) is 11.3 Å². The van der Waals surface area contributed by atoms with E-state index in [1.54, 1.807) is 6.07 Å². The molecule has 1 N–H and O–H groups in total. The van der Waals surface area contributed by atoms with Crippen LogP contribution in [0.1, 0.15) is 6.92 Å². The fourth-order valence-corrected chi connectivity index (χ4v) is 0.409. The normalized spacial score (nSPS) is 10.2. The number of rotatable bonds is 2. The van der Waals surface area contributed by atoms with Gasteiger partial charge in [0.2, 0.25) is 0 Å². The van der Waals surface area contributed by atoms with Gasteiger partial charge in [0, 0.05) is 0 Å². The van der Waals surface area contributed by atoms with Crippen LogP contribution in [0.3, 0.4) is 0 Å². The van der Waals surface area contributed by atoms with E-state index in [1.807, 2.05) is 0 Å². The number of halogens is 2. The maximum absolute atomic E-state index is 10.7. The summed E-state index contributed by atoms with van der Waals surface area (Å²) in [5, 5.41) is 10.2. The molecule has 0 spiro atoms. The fraction of sp³-hybridized carbons (Fsp3) is 0.600. The predicted octanol–water partition coefficient (Wildman–Crippen LogP) is 0.820. The van der Waals surface area contributed by atoms with Gasteiger partial charge in [-0.1, -0.05) is 23.2 Å². The number of nitrogens with one attached hydrogen (secondary N) is 1. The summed E-state index contributed by atoms with van der Waals surface area (Å²) in [6.45, 7) is 1.26. The number of nitrogens with zero attached hydrogens (tertiary/aromatic N) is 1. The monoisotopic (exact) mass is 180 g/mol. The first-order chi connectivity index (χ1) is 4.48. The summed E-state index contributed by atoms with van der Waals surface area (Å²) in [5.41, 5.74) is 0. The third-order valence-electron chi connectivity index (χ3n) is 0.727. The largest absolute Gasteiger partial charge is 0.340 e. The van der Waals surface area contributed by atoms with Crippen LogP contribution in [0.2, 0.25) is 0 Å². The lowest BCUT2D eigenvalue weighted by molar-refractivity contribution is -0.121. The molecule has 0 saturated heterocycles. The van der Waals surface area contributed by atoms with E-state index < -0.39 is 10.2 Å². The van der Waals surface area contributed by atoms with E-state index in [0.717, 1.165) is 0 Å². The molecule has 0 atom stereocenters. The summed E-state index contributed by atoms with van der Waals surface area (Å²) in [6.07, 6.45) is 0. The minimum Gasteiger partial charge on any atom is -0.340 e. The molecule has 0 radical (unpaired) electrons. The summed E-state index contributed by atoms with van der Waals surface area (Å²) in [7, 11) is 0. The molecule has 5 heteroatoms. The molecule has 0 bridgehead atoms. The number of carbonyl (C=O) groups is 1. The number of hydrogen-bond acceptors (Lipinski definition) is 2. The summed E-state index contributed by atoms with van der Waals surface area (Å²) >= 11 is 10.7. The molecular formula is C5H6Cl2N2O. The molecule has 0 aromatic rings. The van der Waals surface area contributed by atoms with Gasteiger partial charge in [-0.3, -0.25) is 4.79 Å². The van der Waals surface area contributed by atoms with Crippen LogP contribution in [0.4, 0.5) is 0 Å². The van der Waals surface area contributed by atoms with Crippen LogP contribution < -0.4 is 5.32 Å². The highest BCUT2D eigenvalue weighted by Gasteiger charge is 2.26. The Hall–Kier alpha value is -0.460. The second-order valence-corrected chi connectivity index (χ2v) is 3.43. The molecule has 0 unspecified atom stereocenters. The summed E-state index contributed by atoms with van der Waals surface area (Å²) in [5.74, 6) is -0.558. The molecule has 1 amide bonds.